The number of guanidine groups is 1. The molecule has 1 amide bonds. The first-order valence-electron chi connectivity index (χ1n) is 8.83. The molecule has 0 fully saturated rings. The Hall–Kier alpha value is -4.29. The number of hydrogen-bond acceptors (Lipinski definition) is 2. The molecule has 1 heterocycles. The molecule has 6 heteroatoms. The van der Waals surface area contributed by atoms with Crippen LogP contribution in [-0.4, -0.2) is 16.4 Å². The lowest BCUT2D eigenvalue weighted by Crippen LogP contribution is -2.24. The third kappa shape index (κ3) is 4.02. The standard InChI is InChI=1S/C23H19N5O/c1-3-4-8-20-15(2)19-10-9-18(22(29)27-23(25)26)12-21(19)28(20)14-17-7-5-6-16(11-17)13-24/h1,4-12H,14H2,2H3,(H4,25,26,27,29)/b8-4-. The second-order valence-electron chi connectivity index (χ2n) is 6.48. The van der Waals surface area contributed by atoms with Crippen molar-refractivity contribution in [1.82, 2.24) is 4.57 Å². The maximum Gasteiger partial charge on any atom is 0.280 e. The molecular weight excluding hydrogens is 362 g/mol. The van der Waals surface area contributed by atoms with Crippen LogP contribution in [0.15, 0.2) is 53.5 Å². The van der Waals surface area contributed by atoms with Crippen LogP contribution in [0.3, 0.4) is 0 Å². The monoisotopic (exact) mass is 381 g/mol. The molecule has 0 aliphatic carbocycles. The van der Waals surface area contributed by atoms with Gasteiger partial charge in [-0.15, -0.1) is 6.42 Å². The lowest BCUT2D eigenvalue weighted by atomic mass is 10.1. The van der Waals surface area contributed by atoms with Crippen molar-refractivity contribution in [1.29, 1.82) is 5.26 Å². The zero-order chi connectivity index (χ0) is 21.0. The molecule has 0 bridgehead atoms. The van der Waals surface area contributed by atoms with Gasteiger partial charge in [0, 0.05) is 28.7 Å². The van der Waals surface area contributed by atoms with Gasteiger partial charge in [-0.05, 0) is 54.5 Å². The summed E-state index contributed by atoms with van der Waals surface area (Å²) in [5.74, 6) is 1.72. The van der Waals surface area contributed by atoms with E-state index >= 15 is 0 Å². The van der Waals surface area contributed by atoms with Crippen molar-refractivity contribution in [3.05, 3.63) is 76.5 Å². The van der Waals surface area contributed by atoms with Crippen LogP contribution in [0.5, 0.6) is 0 Å². The summed E-state index contributed by atoms with van der Waals surface area (Å²) in [5.41, 5.74) is 15.4. The zero-order valence-electron chi connectivity index (χ0n) is 15.9. The summed E-state index contributed by atoms with van der Waals surface area (Å²) in [6, 6.07) is 14.9. The van der Waals surface area contributed by atoms with Crippen LogP contribution in [0.25, 0.3) is 17.0 Å². The number of terminal acetylenes is 1. The van der Waals surface area contributed by atoms with Gasteiger partial charge in [-0.2, -0.15) is 10.3 Å². The number of carbonyl (C=O) groups excluding carboxylic acids is 1. The Kier molecular flexibility index (Phi) is 5.48. The first-order chi connectivity index (χ1) is 13.9. The van der Waals surface area contributed by atoms with Crippen molar-refractivity contribution < 1.29 is 4.79 Å². The molecule has 0 saturated carbocycles. The highest BCUT2D eigenvalue weighted by atomic mass is 16.1. The Bertz CT molecular complexity index is 1240. The number of nitrogens with zero attached hydrogens (tertiary/aromatic N) is 3. The molecule has 1 aromatic heterocycles. The van der Waals surface area contributed by atoms with Gasteiger partial charge in [-0.3, -0.25) is 4.79 Å². The minimum atomic E-state index is -0.510. The van der Waals surface area contributed by atoms with Crippen LogP contribution in [0.2, 0.25) is 0 Å². The molecule has 4 N–H and O–H groups in total. The molecule has 0 unspecified atom stereocenters. The summed E-state index contributed by atoms with van der Waals surface area (Å²) in [5, 5.41) is 10.2. The molecule has 0 radical (unpaired) electrons. The Morgan fingerprint density at radius 1 is 1.28 bits per heavy atom. The Balaban J connectivity index is 2.21. The van der Waals surface area contributed by atoms with Gasteiger partial charge in [0.05, 0.1) is 11.6 Å². The number of rotatable bonds is 4. The van der Waals surface area contributed by atoms with Gasteiger partial charge in [0.15, 0.2) is 5.96 Å². The number of carbonyl (C=O) groups is 1. The number of fused-ring (bicyclic) bond motifs is 1. The van der Waals surface area contributed by atoms with E-state index in [-0.39, 0.29) is 5.96 Å². The van der Waals surface area contributed by atoms with Crippen LogP contribution >= 0.6 is 0 Å². The van der Waals surface area contributed by atoms with Crippen LogP contribution in [0.4, 0.5) is 0 Å². The number of nitriles is 1. The normalized spacial score (nSPS) is 10.6. The molecule has 142 valence electrons. The topological polar surface area (TPSA) is 110 Å². The summed E-state index contributed by atoms with van der Waals surface area (Å²) in [6.07, 6.45) is 8.90. The van der Waals surface area contributed by atoms with E-state index in [2.05, 4.69) is 21.5 Å². The molecule has 0 aliphatic rings. The highest BCUT2D eigenvalue weighted by Gasteiger charge is 2.15. The fraction of sp³-hybridized carbons (Fsp3) is 0.0870. The van der Waals surface area contributed by atoms with E-state index in [0.717, 1.165) is 27.7 Å². The molecule has 0 spiro atoms. The number of aromatic nitrogens is 1. The average molecular weight is 381 g/mol. The number of amides is 1. The highest BCUT2D eigenvalue weighted by Crippen LogP contribution is 2.29. The molecule has 0 aliphatic heterocycles. The first-order valence-corrected chi connectivity index (χ1v) is 8.83. The van der Waals surface area contributed by atoms with Crippen LogP contribution in [0.1, 0.15) is 32.7 Å². The van der Waals surface area contributed by atoms with Crippen molar-refractivity contribution in [3.63, 3.8) is 0 Å². The van der Waals surface area contributed by atoms with E-state index in [1.54, 1.807) is 24.3 Å². The Labute approximate surface area is 168 Å². The van der Waals surface area contributed by atoms with E-state index in [9.17, 15) is 10.1 Å². The van der Waals surface area contributed by atoms with E-state index in [0.29, 0.717) is 17.7 Å². The fourth-order valence-corrected chi connectivity index (χ4v) is 3.29. The van der Waals surface area contributed by atoms with Crippen molar-refractivity contribution in [2.45, 2.75) is 13.5 Å². The predicted molar refractivity (Wildman–Crippen MR) is 115 cm³/mol. The van der Waals surface area contributed by atoms with E-state index < -0.39 is 5.91 Å². The second-order valence-corrected chi connectivity index (χ2v) is 6.48. The molecular formula is C23H19N5O. The Morgan fingerprint density at radius 2 is 2.07 bits per heavy atom. The van der Waals surface area contributed by atoms with Gasteiger partial charge >= 0.3 is 0 Å². The summed E-state index contributed by atoms with van der Waals surface area (Å²) in [6.45, 7) is 2.50. The van der Waals surface area contributed by atoms with Gasteiger partial charge in [-0.1, -0.05) is 24.1 Å². The van der Waals surface area contributed by atoms with E-state index in [4.69, 9.17) is 17.9 Å². The number of nitrogens with two attached hydrogens (primary N) is 2. The molecule has 0 atom stereocenters. The SMILES string of the molecule is C#C/C=C\c1c(C)c2ccc(C(=O)N=C(N)N)cc2n1Cc1cccc(C#N)c1. The molecule has 3 aromatic rings. The zero-order valence-corrected chi connectivity index (χ0v) is 15.9. The van der Waals surface area contributed by atoms with Crippen molar-refractivity contribution >= 4 is 28.8 Å². The molecule has 3 rings (SSSR count). The van der Waals surface area contributed by atoms with Crippen LogP contribution in [0, 0.1) is 30.6 Å². The highest BCUT2D eigenvalue weighted by molar-refractivity contribution is 6.04. The first kappa shape index (κ1) is 19.5. The largest absolute Gasteiger partial charge is 0.370 e. The van der Waals surface area contributed by atoms with Crippen LogP contribution in [-0.2, 0) is 6.54 Å². The van der Waals surface area contributed by atoms with Crippen LogP contribution < -0.4 is 11.5 Å². The third-order valence-corrected chi connectivity index (χ3v) is 4.58. The molecule has 6 nitrogen and oxygen atoms in total. The minimum absolute atomic E-state index is 0.285. The summed E-state index contributed by atoms with van der Waals surface area (Å²) in [4.78, 5) is 15.9. The van der Waals surface area contributed by atoms with E-state index in [1.807, 2.05) is 37.3 Å². The summed E-state index contributed by atoms with van der Waals surface area (Å²) in [7, 11) is 0. The van der Waals surface area contributed by atoms with E-state index in [1.165, 1.54) is 0 Å². The summed E-state index contributed by atoms with van der Waals surface area (Å²) >= 11 is 0. The lowest BCUT2D eigenvalue weighted by Gasteiger charge is -2.10. The minimum Gasteiger partial charge on any atom is -0.370 e. The lowest BCUT2D eigenvalue weighted by molar-refractivity contribution is 0.100. The van der Waals surface area contributed by atoms with Crippen molar-refractivity contribution in [2.24, 2.45) is 16.5 Å². The predicted octanol–water partition coefficient (Wildman–Crippen LogP) is 2.93. The van der Waals surface area contributed by atoms with Gasteiger partial charge < -0.3 is 16.0 Å². The maximum atomic E-state index is 12.3. The number of allylic oxidation sites excluding steroid dienone is 1. The third-order valence-electron chi connectivity index (χ3n) is 4.58. The Morgan fingerprint density at radius 3 is 2.76 bits per heavy atom. The maximum absolute atomic E-state index is 12.3. The number of hydrogen-bond donors (Lipinski definition) is 2. The average Bonchev–Trinajstić information content (AvgIpc) is 2.96. The van der Waals surface area contributed by atoms with Gasteiger partial charge in [0.1, 0.15) is 0 Å². The molecule has 2 aromatic carbocycles. The number of aliphatic imine (C=N–C) groups is 1. The quantitative estimate of drug-likeness (QED) is 0.411. The van der Waals surface area contributed by atoms with Gasteiger partial charge in [0.2, 0.25) is 0 Å². The van der Waals surface area contributed by atoms with Gasteiger partial charge in [0.25, 0.3) is 5.91 Å². The fourth-order valence-electron chi connectivity index (χ4n) is 3.29. The molecule has 29 heavy (non-hydrogen) atoms. The molecule has 0 saturated heterocycles. The van der Waals surface area contributed by atoms with Crippen molar-refractivity contribution in [3.8, 4) is 18.4 Å². The number of aryl methyl sites for hydroxylation is 1. The van der Waals surface area contributed by atoms with Gasteiger partial charge in [-0.25, -0.2) is 0 Å². The smallest absolute Gasteiger partial charge is 0.280 e. The second kappa shape index (κ2) is 8.16. The number of benzene rings is 2. The summed E-state index contributed by atoms with van der Waals surface area (Å²) < 4.78 is 2.06. The van der Waals surface area contributed by atoms with Crippen molar-refractivity contribution in [2.75, 3.05) is 0 Å².